The zero-order valence-electron chi connectivity index (χ0n) is 13.7. The Balaban J connectivity index is 1.61. The Hall–Kier alpha value is -2.72. The van der Waals surface area contributed by atoms with Crippen LogP contribution in [0.4, 0.5) is 0 Å². The Morgan fingerprint density at radius 2 is 1.50 bits per heavy atom. The number of methoxy groups -OCH3 is 1. The predicted molar refractivity (Wildman–Crippen MR) is 95.8 cm³/mol. The molecule has 0 heterocycles. The van der Waals surface area contributed by atoms with Gasteiger partial charge in [0, 0.05) is 12.1 Å². The minimum atomic E-state index is 0.440. The molecule has 0 amide bonds. The summed E-state index contributed by atoms with van der Waals surface area (Å²) in [6, 6.07) is 19.7. The average molecular weight is 323 g/mol. The monoisotopic (exact) mass is 323 g/mol. The van der Waals surface area contributed by atoms with Crippen LogP contribution in [0.5, 0.6) is 17.2 Å². The van der Waals surface area contributed by atoms with E-state index in [-0.39, 0.29) is 0 Å². The topological polar surface area (TPSA) is 53.7 Å². The minimum absolute atomic E-state index is 0.440. The van der Waals surface area contributed by atoms with E-state index < -0.39 is 0 Å². The van der Waals surface area contributed by atoms with Gasteiger partial charge < -0.3 is 19.9 Å². The van der Waals surface area contributed by atoms with Crippen molar-refractivity contribution in [2.45, 2.75) is 6.54 Å². The zero-order chi connectivity index (χ0) is 16.8. The lowest BCUT2D eigenvalue weighted by Crippen LogP contribution is -2.11. The minimum Gasteiger partial charge on any atom is -0.497 e. The van der Waals surface area contributed by atoms with Gasteiger partial charge in [-0.15, -0.1) is 0 Å². The van der Waals surface area contributed by atoms with E-state index in [1.165, 1.54) is 5.39 Å². The summed E-state index contributed by atoms with van der Waals surface area (Å²) in [6.07, 6.45) is 0. The third-order valence-electron chi connectivity index (χ3n) is 3.87. The second kappa shape index (κ2) is 7.70. The first kappa shape index (κ1) is 16.1. The average Bonchev–Trinajstić information content (AvgIpc) is 2.65. The van der Waals surface area contributed by atoms with Crippen molar-refractivity contribution in [2.75, 3.05) is 20.3 Å². The van der Waals surface area contributed by atoms with E-state index in [0.29, 0.717) is 19.8 Å². The number of hydrogen-bond donors (Lipinski definition) is 1. The summed E-state index contributed by atoms with van der Waals surface area (Å²) in [5.74, 6) is 2.41. The molecule has 0 saturated heterocycles. The molecule has 0 saturated carbocycles. The van der Waals surface area contributed by atoms with Crippen molar-refractivity contribution in [3.05, 3.63) is 66.2 Å². The van der Waals surface area contributed by atoms with E-state index in [1.54, 1.807) is 7.11 Å². The summed E-state index contributed by atoms with van der Waals surface area (Å²) >= 11 is 0. The molecule has 0 atom stereocenters. The molecular weight excluding hydrogens is 302 g/mol. The molecule has 0 unspecified atom stereocenters. The zero-order valence-corrected chi connectivity index (χ0v) is 13.7. The lowest BCUT2D eigenvalue weighted by Gasteiger charge is -2.13. The van der Waals surface area contributed by atoms with Gasteiger partial charge in [0.2, 0.25) is 0 Å². The first-order valence-electron chi connectivity index (χ1n) is 7.92. The lowest BCUT2D eigenvalue weighted by molar-refractivity contribution is 0.216. The van der Waals surface area contributed by atoms with Gasteiger partial charge >= 0.3 is 0 Å². The molecule has 0 spiro atoms. The second-order valence-electron chi connectivity index (χ2n) is 5.34. The Morgan fingerprint density at radius 1 is 0.792 bits per heavy atom. The van der Waals surface area contributed by atoms with Crippen molar-refractivity contribution in [1.82, 2.24) is 0 Å². The summed E-state index contributed by atoms with van der Waals surface area (Å²) < 4.78 is 16.7. The fourth-order valence-corrected chi connectivity index (χ4v) is 2.64. The van der Waals surface area contributed by atoms with E-state index in [0.717, 1.165) is 28.2 Å². The lowest BCUT2D eigenvalue weighted by atomic mass is 10.0. The number of nitrogens with two attached hydrogens (primary N) is 1. The fourth-order valence-electron chi connectivity index (χ4n) is 2.64. The van der Waals surface area contributed by atoms with E-state index in [1.807, 2.05) is 48.5 Å². The van der Waals surface area contributed by atoms with Gasteiger partial charge in [0.25, 0.3) is 0 Å². The van der Waals surface area contributed by atoms with Gasteiger partial charge in [0.1, 0.15) is 30.5 Å². The van der Waals surface area contributed by atoms with Crippen molar-refractivity contribution >= 4 is 10.8 Å². The Bertz CT molecular complexity index is 800. The van der Waals surface area contributed by atoms with E-state index >= 15 is 0 Å². The van der Waals surface area contributed by atoms with Gasteiger partial charge in [-0.2, -0.15) is 0 Å². The molecule has 3 aromatic rings. The van der Waals surface area contributed by atoms with Crippen molar-refractivity contribution in [3.63, 3.8) is 0 Å². The maximum Gasteiger partial charge on any atom is 0.124 e. The van der Waals surface area contributed by atoms with Gasteiger partial charge in [-0.25, -0.2) is 0 Å². The number of benzene rings is 3. The van der Waals surface area contributed by atoms with Crippen LogP contribution in [0, 0.1) is 0 Å². The second-order valence-corrected chi connectivity index (χ2v) is 5.34. The maximum atomic E-state index is 5.92. The first-order valence-corrected chi connectivity index (χ1v) is 7.92. The van der Waals surface area contributed by atoms with Crippen LogP contribution in [0.2, 0.25) is 0 Å². The van der Waals surface area contributed by atoms with Crippen LogP contribution in [0.3, 0.4) is 0 Å². The van der Waals surface area contributed by atoms with Crippen LogP contribution >= 0.6 is 0 Å². The normalized spacial score (nSPS) is 10.6. The molecule has 0 aliphatic carbocycles. The molecule has 2 N–H and O–H groups in total. The maximum absolute atomic E-state index is 5.92. The summed E-state index contributed by atoms with van der Waals surface area (Å²) in [7, 11) is 1.64. The third-order valence-corrected chi connectivity index (χ3v) is 3.87. The molecule has 124 valence electrons. The number of hydrogen-bond acceptors (Lipinski definition) is 4. The van der Waals surface area contributed by atoms with Gasteiger partial charge in [0.05, 0.1) is 7.11 Å². The largest absolute Gasteiger partial charge is 0.497 e. The highest BCUT2D eigenvalue weighted by molar-refractivity contribution is 5.87. The molecule has 0 radical (unpaired) electrons. The van der Waals surface area contributed by atoms with Gasteiger partial charge in [-0.1, -0.05) is 30.3 Å². The highest BCUT2D eigenvalue weighted by Gasteiger charge is 2.07. The van der Waals surface area contributed by atoms with Crippen LogP contribution < -0.4 is 19.9 Å². The van der Waals surface area contributed by atoms with Crippen molar-refractivity contribution < 1.29 is 14.2 Å². The quantitative estimate of drug-likeness (QED) is 0.673. The molecule has 0 bridgehead atoms. The molecule has 0 aromatic heterocycles. The van der Waals surface area contributed by atoms with Gasteiger partial charge in [-0.05, 0) is 41.1 Å². The molecule has 3 rings (SSSR count). The van der Waals surface area contributed by atoms with E-state index in [2.05, 4.69) is 12.1 Å². The van der Waals surface area contributed by atoms with Crippen LogP contribution in [0.25, 0.3) is 10.8 Å². The SMILES string of the molecule is COc1ccc(OCCOc2ccc3ccccc3c2CN)cc1. The standard InChI is InChI=1S/C20H21NO3/c1-22-16-7-9-17(10-8-16)23-12-13-24-20-11-6-15-4-2-3-5-18(15)19(20)14-21/h2-11H,12-14,21H2,1H3. The number of ether oxygens (including phenoxy) is 3. The molecule has 3 aromatic carbocycles. The predicted octanol–water partition coefficient (Wildman–Crippen LogP) is 3.76. The molecular formula is C20H21NO3. The summed E-state index contributed by atoms with van der Waals surface area (Å²) in [4.78, 5) is 0. The fraction of sp³-hybridized carbons (Fsp3) is 0.200. The molecule has 4 nitrogen and oxygen atoms in total. The van der Waals surface area contributed by atoms with Crippen molar-refractivity contribution in [1.29, 1.82) is 0 Å². The van der Waals surface area contributed by atoms with Crippen molar-refractivity contribution in [2.24, 2.45) is 5.73 Å². The van der Waals surface area contributed by atoms with E-state index in [9.17, 15) is 0 Å². The van der Waals surface area contributed by atoms with E-state index in [4.69, 9.17) is 19.9 Å². The van der Waals surface area contributed by atoms with Crippen LogP contribution in [0.1, 0.15) is 5.56 Å². The van der Waals surface area contributed by atoms with Crippen molar-refractivity contribution in [3.8, 4) is 17.2 Å². The molecule has 0 fully saturated rings. The summed E-state index contributed by atoms with van der Waals surface area (Å²) in [5.41, 5.74) is 6.94. The molecule has 0 aliphatic rings. The van der Waals surface area contributed by atoms with Crippen LogP contribution in [0.15, 0.2) is 60.7 Å². The van der Waals surface area contributed by atoms with Crippen LogP contribution in [-0.4, -0.2) is 20.3 Å². The molecule has 4 heteroatoms. The highest BCUT2D eigenvalue weighted by atomic mass is 16.5. The smallest absolute Gasteiger partial charge is 0.124 e. The molecule has 0 aliphatic heterocycles. The number of fused-ring (bicyclic) bond motifs is 1. The Labute approximate surface area is 141 Å². The summed E-state index contributed by atoms with van der Waals surface area (Å²) in [5, 5.41) is 2.30. The Kier molecular flexibility index (Phi) is 5.18. The first-order chi connectivity index (χ1) is 11.8. The highest BCUT2D eigenvalue weighted by Crippen LogP contribution is 2.27. The van der Waals surface area contributed by atoms with Gasteiger partial charge in [0.15, 0.2) is 0 Å². The van der Waals surface area contributed by atoms with Gasteiger partial charge in [-0.3, -0.25) is 0 Å². The Morgan fingerprint density at radius 3 is 2.25 bits per heavy atom. The van der Waals surface area contributed by atoms with Crippen LogP contribution in [-0.2, 0) is 6.54 Å². The molecule has 24 heavy (non-hydrogen) atoms. The summed E-state index contributed by atoms with van der Waals surface area (Å²) in [6.45, 7) is 1.36. The third kappa shape index (κ3) is 3.60. The number of rotatable bonds is 7.